The molecule has 0 atom stereocenters. The molecule has 0 saturated heterocycles. The Hall–Kier alpha value is -1.93. The van der Waals surface area contributed by atoms with Gasteiger partial charge in [0.1, 0.15) is 0 Å². The molecule has 1 nitrogen and oxygen atoms in total. The van der Waals surface area contributed by atoms with E-state index in [0.29, 0.717) is 0 Å². The minimum Gasteiger partial charge on any atom is -0.305 e. The van der Waals surface area contributed by atoms with Gasteiger partial charge in [0.2, 0.25) is 0 Å². The lowest BCUT2D eigenvalue weighted by molar-refractivity contribution is 1.25. The van der Waals surface area contributed by atoms with E-state index in [4.69, 9.17) is 0 Å². The van der Waals surface area contributed by atoms with Crippen LogP contribution in [-0.4, -0.2) is 0 Å². The highest BCUT2D eigenvalue weighted by Crippen LogP contribution is 2.31. The maximum atomic E-state index is 4.67. The summed E-state index contributed by atoms with van der Waals surface area (Å²) in [6.07, 6.45) is 6.00. The van der Waals surface area contributed by atoms with E-state index in [1.807, 2.05) is 25.2 Å². The van der Waals surface area contributed by atoms with Crippen LogP contribution in [0.3, 0.4) is 0 Å². The number of hydrogen-bond donors (Lipinski definition) is 1. The van der Waals surface area contributed by atoms with Crippen molar-refractivity contribution in [1.29, 1.82) is 0 Å². The smallest absolute Gasteiger partial charge is 0.0767 e. The van der Waals surface area contributed by atoms with Crippen molar-refractivity contribution >= 4 is 24.0 Å². The molecule has 0 unspecified atom stereocenters. The standard InChI is InChI=1S/C19H21NS/c1-4-5-6-19(21)20(17-11-7-15(2)8-12-17)18-13-9-16(3)10-14-18/h4-14,21H,1-3H3/b5-4+,19-6-. The second-order valence-electron chi connectivity index (χ2n) is 5.06. The Bertz CT molecular complexity index is 591. The first kappa shape index (κ1) is 15.5. The number of anilines is 2. The number of thiol groups is 1. The Morgan fingerprint density at radius 3 is 1.67 bits per heavy atom. The lowest BCUT2D eigenvalue weighted by Gasteiger charge is -2.25. The first-order chi connectivity index (χ1) is 10.1. The summed E-state index contributed by atoms with van der Waals surface area (Å²) in [7, 11) is 0. The first-order valence-electron chi connectivity index (χ1n) is 7.07. The van der Waals surface area contributed by atoms with E-state index in [0.717, 1.165) is 16.4 Å². The van der Waals surface area contributed by atoms with Crippen molar-refractivity contribution in [1.82, 2.24) is 0 Å². The molecule has 0 fully saturated rings. The second kappa shape index (κ2) is 7.19. The summed E-state index contributed by atoms with van der Waals surface area (Å²) in [5.74, 6) is 0. The summed E-state index contributed by atoms with van der Waals surface area (Å²) in [4.78, 5) is 2.14. The molecule has 0 bridgehead atoms. The monoisotopic (exact) mass is 295 g/mol. The van der Waals surface area contributed by atoms with Gasteiger partial charge in [0, 0.05) is 11.4 Å². The number of aryl methyl sites for hydroxylation is 2. The van der Waals surface area contributed by atoms with Gasteiger partial charge in [-0.15, -0.1) is 12.6 Å². The molecule has 2 heteroatoms. The lowest BCUT2D eigenvalue weighted by Crippen LogP contribution is -2.12. The SMILES string of the molecule is C/C=C/C=C(\S)N(c1ccc(C)cc1)c1ccc(C)cc1. The van der Waals surface area contributed by atoms with Crippen LogP contribution in [0.25, 0.3) is 0 Å². The Kier molecular flexibility index (Phi) is 5.29. The Morgan fingerprint density at radius 2 is 1.29 bits per heavy atom. The van der Waals surface area contributed by atoms with Gasteiger partial charge in [-0.1, -0.05) is 47.5 Å². The molecule has 0 aromatic heterocycles. The number of benzene rings is 2. The summed E-state index contributed by atoms with van der Waals surface area (Å²) >= 11 is 4.67. The van der Waals surface area contributed by atoms with Crippen molar-refractivity contribution in [3.63, 3.8) is 0 Å². The summed E-state index contributed by atoms with van der Waals surface area (Å²) in [5.41, 5.74) is 4.71. The molecule has 108 valence electrons. The Balaban J connectivity index is 2.48. The van der Waals surface area contributed by atoms with Crippen LogP contribution in [0, 0.1) is 13.8 Å². The van der Waals surface area contributed by atoms with E-state index in [1.165, 1.54) is 11.1 Å². The zero-order valence-electron chi connectivity index (χ0n) is 12.7. The molecule has 0 amide bonds. The van der Waals surface area contributed by atoms with Crippen molar-refractivity contribution in [2.24, 2.45) is 0 Å². The number of hydrogen-bond acceptors (Lipinski definition) is 2. The highest BCUT2D eigenvalue weighted by molar-refractivity contribution is 7.84. The molecular weight excluding hydrogens is 274 g/mol. The van der Waals surface area contributed by atoms with E-state index in [1.54, 1.807) is 0 Å². The maximum Gasteiger partial charge on any atom is 0.0767 e. The molecule has 0 saturated carbocycles. The van der Waals surface area contributed by atoms with E-state index in [2.05, 4.69) is 79.9 Å². The second-order valence-corrected chi connectivity index (χ2v) is 5.52. The average molecular weight is 295 g/mol. The predicted molar refractivity (Wildman–Crippen MR) is 96.4 cm³/mol. The minimum absolute atomic E-state index is 0.890. The number of nitrogens with zero attached hydrogens (tertiary/aromatic N) is 1. The third-order valence-electron chi connectivity index (χ3n) is 3.25. The predicted octanol–water partition coefficient (Wildman–Crippen LogP) is 5.79. The molecule has 0 radical (unpaired) electrons. The van der Waals surface area contributed by atoms with Crippen LogP contribution in [0.4, 0.5) is 11.4 Å². The van der Waals surface area contributed by atoms with Gasteiger partial charge in [-0.2, -0.15) is 0 Å². The topological polar surface area (TPSA) is 3.24 Å². The lowest BCUT2D eigenvalue weighted by atomic mass is 10.1. The zero-order chi connectivity index (χ0) is 15.2. The van der Waals surface area contributed by atoms with Gasteiger partial charge in [0.05, 0.1) is 5.03 Å². The molecule has 0 aliphatic heterocycles. The molecular formula is C19H21NS. The molecule has 21 heavy (non-hydrogen) atoms. The summed E-state index contributed by atoms with van der Waals surface area (Å²) in [6.45, 7) is 6.19. The van der Waals surface area contributed by atoms with Gasteiger partial charge >= 0.3 is 0 Å². The van der Waals surface area contributed by atoms with Crippen molar-refractivity contribution in [2.75, 3.05) is 4.90 Å². The van der Waals surface area contributed by atoms with Gasteiger partial charge in [0.25, 0.3) is 0 Å². The van der Waals surface area contributed by atoms with Crippen molar-refractivity contribution in [2.45, 2.75) is 20.8 Å². The molecule has 2 aromatic carbocycles. The van der Waals surface area contributed by atoms with Gasteiger partial charge in [-0.3, -0.25) is 0 Å². The fourth-order valence-corrected chi connectivity index (χ4v) is 2.38. The van der Waals surface area contributed by atoms with Crippen LogP contribution in [-0.2, 0) is 0 Å². The van der Waals surface area contributed by atoms with Crippen LogP contribution in [0.5, 0.6) is 0 Å². The molecule has 0 N–H and O–H groups in total. The summed E-state index contributed by atoms with van der Waals surface area (Å²) < 4.78 is 0. The Labute approximate surface area is 133 Å². The molecule has 2 rings (SSSR count). The molecule has 0 heterocycles. The fraction of sp³-hybridized carbons (Fsp3) is 0.158. The van der Waals surface area contributed by atoms with Gasteiger partial charge < -0.3 is 4.90 Å². The molecule has 0 aliphatic rings. The number of allylic oxidation sites excluding steroid dienone is 3. The van der Waals surface area contributed by atoms with E-state index >= 15 is 0 Å². The van der Waals surface area contributed by atoms with E-state index < -0.39 is 0 Å². The van der Waals surface area contributed by atoms with E-state index in [9.17, 15) is 0 Å². The van der Waals surface area contributed by atoms with Crippen LogP contribution in [0.15, 0.2) is 71.8 Å². The quantitative estimate of drug-likeness (QED) is 0.552. The van der Waals surface area contributed by atoms with E-state index in [-0.39, 0.29) is 0 Å². The van der Waals surface area contributed by atoms with Crippen molar-refractivity contribution < 1.29 is 0 Å². The zero-order valence-corrected chi connectivity index (χ0v) is 13.6. The average Bonchev–Trinajstić information content (AvgIpc) is 2.49. The Morgan fingerprint density at radius 1 is 0.857 bits per heavy atom. The summed E-state index contributed by atoms with van der Waals surface area (Å²) in [6, 6.07) is 17.0. The van der Waals surface area contributed by atoms with Gasteiger partial charge in [-0.25, -0.2) is 0 Å². The largest absolute Gasteiger partial charge is 0.305 e. The van der Waals surface area contributed by atoms with Crippen molar-refractivity contribution in [3.8, 4) is 0 Å². The third kappa shape index (κ3) is 4.02. The van der Waals surface area contributed by atoms with Gasteiger partial charge in [0.15, 0.2) is 0 Å². The number of rotatable bonds is 4. The highest BCUT2D eigenvalue weighted by atomic mass is 32.1. The van der Waals surface area contributed by atoms with Crippen LogP contribution in [0.2, 0.25) is 0 Å². The van der Waals surface area contributed by atoms with Crippen LogP contribution >= 0.6 is 12.6 Å². The third-order valence-corrected chi connectivity index (χ3v) is 3.60. The minimum atomic E-state index is 0.890. The van der Waals surface area contributed by atoms with Crippen LogP contribution in [0.1, 0.15) is 18.1 Å². The normalized spacial score (nSPS) is 11.9. The maximum absolute atomic E-state index is 4.67. The van der Waals surface area contributed by atoms with Crippen LogP contribution < -0.4 is 4.90 Å². The first-order valence-corrected chi connectivity index (χ1v) is 7.52. The summed E-state index contributed by atoms with van der Waals surface area (Å²) in [5, 5.41) is 0.890. The molecule has 0 aliphatic carbocycles. The highest BCUT2D eigenvalue weighted by Gasteiger charge is 2.11. The van der Waals surface area contributed by atoms with Gasteiger partial charge in [-0.05, 0) is 51.1 Å². The fourth-order valence-electron chi connectivity index (χ4n) is 2.06. The van der Waals surface area contributed by atoms with Crippen molar-refractivity contribution in [3.05, 3.63) is 82.9 Å². The molecule has 0 spiro atoms. The molecule has 2 aromatic rings.